The fourth-order valence-electron chi connectivity index (χ4n) is 5.71. The standard InChI is InChI=1S/C24H25F3N6O/c1-32-17-5-6-18(32)13-16(12-17)29-22-28-8-7-19(30-22)21-20(31-23-33(21)9-10-34-23)14-3-2-4-15(11-14)24(25,26)27/h2-4,7-11,16-18,20-21H,5-6,12-13H2,1H3,(H,28,29,30)/t16?,17-,18?,20?,21?/m1/s1. The van der Waals surface area contributed by atoms with Gasteiger partial charge in [0.2, 0.25) is 5.95 Å². The molecule has 2 bridgehead atoms. The molecule has 4 aliphatic heterocycles. The smallest absolute Gasteiger partial charge is 0.416 e. The molecule has 0 spiro atoms. The molecule has 4 aliphatic rings. The molecule has 4 unspecified atom stereocenters. The molecule has 10 heteroatoms. The van der Waals surface area contributed by atoms with Gasteiger partial charge in [0, 0.05) is 30.5 Å². The number of piperidine rings is 1. The van der Waals surface area contributed by atoms with Crippen LogP contribution in [0.15, 0.2) is 54.0 Å². The maximum absolute atomic E-state index is 13.4. The number of halogens is 3. The minimum Gasteiger partial charge on any atom is -0.432 e. The number of anilines is 1. The Morgan fingerprint density at radius 3 is 2.68 bits per heavy atom. The Bertz CT molecular complexity index is 1140. The summed E-state index contributed by atoms with van der Waals surface area (Å²) in [6, 6.07) is 7.89. The summed E-state index contributed by atoms with van der Waals surface area (Å²) in [6.45, 7) is 0. The van der Waals surface area contributed by atoms with Gasteiger partial charge < -0.3 is 15.0 Å². The van der Waals surface area contributed by atoms with Gasteiger partial charge in [-0.1, -0.05) is 12.1 Å². The monoisotopic (exact) mass is 470 g/mol. The molecule has 5 atom stereocenters. The van der Waals surface area contributed by atoms with Gasteiger partial charge in [0.25, 0.3) is 6.02 Å². The van der Waals surface area contributed by atoms with Crippen LogP contribution in [-0.4, -0.2) is 51.0 Å². The quantitative estimate of drug-likeness (QED) is 0.711. The van der Waals surface area contributed by atoms with E-state index in [4.69, 9.17) is 9.72 Å². The van der Waals surface area contributed by atoms with E-state index in [1.54, 1.807) is 24.5 Å². The zero-order valence-electron chi connectivity index (χ0n) is 18.6. The van der Waals surface area contributed by atoms with Crippen molar-refractivity contribution >= 4 is 12.0 Å². The number of hydrogen-bond donors (Lipinski definition) is 1. The van der Waals surface area contributed by atoms with E-state index in [1.165, 1.54) is 25.2 Å². The molecule has 0 radical (unpaired) electrons. The van der Waals surface area contributed by atoms with Crippen LogP contribution in [0.3, 0.4) is 0 Å². The van der Waals surface area contributed by atoms with Gasteiger partial charge in [-0.15, -0.1) is 0 Å². The molecule has 0 saturated carbocycles. The second-order valence-electron chi connectivity index (χ2n) is 9.40. The third-order valence-corrected chi connectivity index (χ3v) is 7.43. The molecule has 34 heavy (non-hydrogen) atoms. The SMILES string of the molecule is CN1C2CC[C@@H]1CC(Nc1nccc(C3C(c4cccc(C(F)(F)F)c4)N=C4OC=CN43)n1)C2. The number of benzene rings is 1. The molecule has 6 rings (SSSR count). The van der Waals surface area contributed by atoms with Crippen molar-refractivity contribution in [2.45, 2.75) is 62.1 Å². The molecule has 1 N–H and O–H groups in total. The molecule has 5 heterocycles. The predicted molar refractivity (Wildman–Crippen MR) is 120 cm³/mol. The van der Waals surface area contributed by atoms with Crippen molar-refractivity contribution in [3.8, 4) is 0 Å². The minimum absolute atomic E-state index is 0.300. The Labute approximate surface area is 195 Å². The number of alkyl halides is 3. The summed E-state index contributed by atoms with van der Waals surface area (Å²) in [5.41, 5.74) is 0.429. The summed E-state index contributed by atoms with van der Waals surface area (Å²) in [6.07, 6.45) is 5.06. The summed E-state index contributed by atoms with van der Waals surface area (Å²) in [5.74, 6) is 0.534. The lowest BCUT2D eigenvalue weighted by Crippen LogP contribution is -2.44. The van der Waals surface area contributed by atoms with Crippen LogP contribution >= 0.6 is 0 Å². The first-order chi connectivity index (χ1) is 16.4. The van der Waals surface area contributed by atoms with E-state index in [9.17, 15) is 13.2 Å². The highest BCUT2D eigenvalue weighted by molar-refractivity contribution is 5.80. The number of aromatic nitrogens is 2. The first-order valence-electron chi connectivity index (χ1n) is 11.5. The maximum atomic E-state index is 13.4. The van der Waals surface area contributed by atoms with Crippen LogP contribution in [0.2, 0.25) is 0 Å². The number of nitrogens with zero attached hydrogens (tertiary/aromatic N) is 5. The van der Waals surface area contributed by atoms with Crippen molar-refractivity contribution in [3.63, 3.8) is 0 Å². The first kappa shape index (κ1) is 21.4. The average Bonchev–Trinajstić information content (AvgIpc) is 3.45. The zero-order chi connectivity index (χ0) is 23.4. The first-order valence-corrected chi connectivity index (χ1v) is 11.5. The summed E-state index contributed by atoms with van der Waals surface area (Å²) in [4.78, 5) is 18.1. The lowest BCUT2D eigenvalue weighted by atomic mass is 9.95. The average molecular weight is 470 g/mol. The largest absolute Gasteiger partial charge is 0.432 e. The van der Waals surface area contributed by atoms with E-state index in [0.717, 1.165) is 25.0 Å². The molecule has 2 aromatic rings. The number of hydrogen-bond acceptors (Lipinski definition) is 7. The van der Waals surface area contributed by atoms with Gasteiger partial charge in [-0.25, -0.2) is 15.0 Å². The van der Waals surface area contributed by atoms with Crippen LogP contribution in [-0.2, 0) is 10.9 Å². The van der Waals surface area contributed by atoms with E-state index >= 15 is 0 Å². The van der Waals surface area contributed by atoms with Crippen LogP contribution in [0.25, 0.3) is 0 Å². The fraction of sp³-hybridized carbons (Fsp3) is 0.458. The Hall–Kier alpha value is -3.14. The third-order valence-electron chi connectivity index (χ3n) is 7.43. The van der Waals surface area contributed by atoms with Gasteiger partial charge >= 0.3 is 6.18 Å². The van der Waals surface area contributed by atoms with Crippen molar-refractivity contribution in [1.82, 2.24) is 19.8 Å². The van der Waals surface area contributed by atoms with Crippen molar-refractivity contribution in [2.75, 3.05) is 12.4 Å². The molecule has 2 saturated heterocycles. The van der Waals surface area contributed by atoms with Crippen LogP contribution in [0.5, 0.6) is 0 Å². The molecule has 0 amide bonds. The molecule has 0 aliphatic carbocycles. The molecule has 1 aromatic carbocycles. The normalized spacial score (nSPS) is 30.3. The Kier molecular flexibility index (Phi) is 5.02. The van der Waals surface area contributed by atoms with E-state index < -0.39 is 23.8 Å². The van der Waals surface area contributed by atoms with Gasteiger partial charge in [0.1, 0.15) is 18.3 Å². The van der Waals surface area contributed by atoms with Gasteiger partial charge in [0.05, 0.1) is 11.3 Å². The number of nitrogens with one attached hydrogen (secondary N) is 1. The maximum Gasteiger partial charge on any atom is 0.416 e. The molecule has 7 nitrogen and oxygen atoms in total. The number of fused-ring (bicyclic) bond motifs is 3. The topological polar surface area (TPSA) is 65.9 Å². The zero-order valence-corrected chi connectivity index (χ0v) is 18.6. The molecular weight excluding hydrogens is 445 g/mol. The molecule has 2 fully saturated rings. The van der Waals surface area contributed by atoms with E-state index in [-0.39, 0.29) is 0 Å². The van der Waals surface area contributed by atoms with Gasteiger partial charge in [-0.2, -0.15) is 13.2 Å². The van der Waals surface area contributed by atoms with Crippen LogP contribution in [0.4, 0.5) is 19.1 Å². The van der Waals surface area contributed by atoms with Gasteiger partial charge in [-0.3, -0.25) is 4.90 Å². The number of ether oxygens (including phenoxy) is 1. The highest BCUT2D eigenvalue weighted by atomic mass is 19.4. The summed E-state index contributed by atoms with van der Waals surface area (Å²) >= 11 is 0. The highest BCUT2D eigenvalue weighted by Gasteiger charge is 2.43. The summed E-state index contributed by atoms with van der Waals surface area (Å²) in [7, 11) is 2.20. The lowest BCUT2D eigenvalue weighted by Gasteiger charge is -2.36. The Morgan fingerprint density at radius 2 is 1.91 bits per heavy atom. The fourth-order valence-corrected chi connectivity index (χ4v) is 5.71. The second kappa shape index (κ2) is 7.97. The third kappa shape index (κ3) is 3.70. The molecule has 178 valence electrons. The number of rotatable bonds is 4. The van der Waals surface area contributed by atoms with E-state index in [2.05, 4.69) is 27.2 Å². The molecular formula is C24H25F3N6O. The number of aliphatic imine (C=N–C) groups is 1. The summed E-state index contributed by atoms with van der Waals surface area (Å²) < 4.78 is 45.5. The number of amidine groups is 1. The van der Waals surface area contributed by atoms with Crippen LogP contribution < -0.4 is 5.32 Å². The van der Waals surface area contributed by atoms with E-state index in [1.807, 2.05) is 4.90 Å². The van der Waals surface area contributed by atoms with Crippen molar-refractivity contribution < 1.29 is 17.9 Å². The second-order valence-corrected chi connectivity index (χ2v) is 9.40. The minimum atomic E-state index is -4.43. The van der Waals surface area contributed by atoms with Crippen molar-refractivity contribution in [3.05, 3.63) is 65.8 Å². The van der Waals surface area contributed by atoms with Crippen LogP contribution in [0, 0.1) is 0 Å². The Balaban J connectivity index is 1.29. The Morgan fingerprint density at radius 1 is 1.12 bits per heavy atom. The lowest BCUT2D eigenvalue weighted by molar-refractivity contribution is -0.137. The van der Waals surface area contributed by atoms with Crippen LogP contribution in [0.1, 0.15) is 54.6 Å². The van der Waals surface area contributed by atoms with E-state index in [0.29, 0.717) is 41.4 Å². The van der Waals surface area contributed by atoms with Gasteiger partial charge in [0.15, 0.2) is 0 Å². The predicted octanol–water partition coefficient (Wildman–Crippen LogP) is 4.49. The van der Waals surface area contributed by atoms with Gasteiger partial charge in [-0.05, 0) is 56.5 Å². The summed E-state index contributed by atoms with van der Waals surface area (Å²) in [5, 5.41) is 3.51. The highest BCUT2D eigenvalue weighted by Crippen LogP contribution is 2.44. The van der Waals surface area contributed by atoms with Crippen molar-refractivity contribution in [1.29, 1.82) is 0 Å². The molecule has 1 aromatic heterocycles. The van der Waals surface area contributed by atoms with Crippen molar-refractivity contribution in [2.24, 2.45) is 4.99 Å².